The second-order valence-electron chi connectivity index (χ2n) is 11.3. The molecule has 0 N–H and O–H groups in total. The van der Waals surface area contributed by atoms with Gasteiger partial charge in [0.1, 0.15) is 5.58 Å². The molecular weight excluding hydrogens is 534 g/mol. The van der Waals surface area contributed by atoms with Gasteiger partial charge in [-0.2, -0.15) is 0 Å². The summed E-state index contributed by atoms with van der Waals surface area (Å²) in [6.07, 6.45) is 0. The Balaban J connectivity index is 1.50. The highest BCUT2D eigenvalue weighted by atomic mass is 16.3. The molecule has 0 bridgehead atoms. The molecule has 206 valence electrons. The van der Waals surface area contributed by atoms with Crippen LogP contribution < -0.4 is 4.90 Å². The molecule has 9 rings (SSSR count). The van der Waals surface area contributed by atoms with Crippen LogP contribution in [-0.4, -0.2) is 0 Å². The van der Waals surface area contributed by atoms with E-state index >= 15 is 0 Å². The molecule has 1 heterocycles. The molecule has 44 heavy (non-hydrogen) atoms. The quantitative estimate of drug-likeness (QED) is 0.199. The molecular formula is C42H27NO. The second-order valence-corrected chi connectivity index (χ2v) is 11.3. The number of fused-ring (bicyclic) bond motifs is 9. The first-order valence-corrected chi connectivity index (χ1v) is 15.0. The monoisotopic (exact) mass is 561 g/mol. The Labute approximate surface area is 255 Å². The number of hydrogen-bond acceptors (Lipinski definition) is 2. The lowest BCUT2D eigenvalue weighted by molar-refractivity contribution is 0.673. The van der Waals surface area contributed by atoms with E-state index < -0.39 is 0 Å². The molecule has 0 aliphatic heterocycles. The smallest absolute Gasteiger partial charge is 0.160 e. The van der Waals surface area contributed by atoms with Crippen molar-refractivity contribution in [1.29, 1.82) is 0 Å². The molecule has 0 saturated heterocycles. The summed E-state index contributed by atoms with van der Waals surface area (Å²) >= 11 is 0. The predicted octanol–water partition coefficient (Wildman–Crippen LogP) is 12.2. The molecule has 0 radical (unpaired) electrons. The van der Waals surface area contributed by atoms with Gasteiger partial charge in [0.05, 0.1) is 11.4 Å². The number of benzene rings is 8. The average Bonchev–Trinajstić information content (AvgIpc) is 3.50. The van der Waals surface area contributed by atoms with Gasteiger partial charge in [0.25, 0.3) is 0 Å². The molecule has 2 nitrogen and oxygen atoms in total. The molecule has 0 unspecified atom stereocenters. The minimum Gasteiger partial charge on any atom is -0.453 e. The van der Waals surface area contributed by atoms with Gasteiger partial charge < -0.3 is 9.32 Å². The summed E-state index contributed by atoms with van der Waals surface area (Å²) in [6.45, 7) is 0. The van der Waals surface area contributed by atoms with Gasteiger partial charge >= 0.3 is 0 Å². The maximum atomic E-state index is 7.16. The number of hydrogen-bond donors (Lipinski definition) is 0. The van der Waals surface area contributed by atoms with Gasteiger partial charge in [0, 0.05) is 32.8 Å². The minimum atomic E-state index is 0.875. The van der Waals surface area contributed by atoms with Gasteiger partial charge in [-0.1, -0.05) is 140 Å². The van der Waals surface area contributed by atoms with Crippen molar-refractivity contribution in [3.8, 4) is 11.1 Å². The molecule has 0 spiro atoms. The first-order chi connectivity index (χ1) is 21.9. The number of para-hydroxylation sites is 1. The number of nitrogens with zero attached hydrogens (tertiary/aromatic N) is 1. The van der Waals surface area contributed by atoms with Crippen molar-refractivity contribution in [3.05, 3.63) is 164 Å². The summed E-state index contributed by atoms with van der Waals surface area (Å²) in [5.41, 5.74) is 7.26. The van der Waals surface area contributed by atoms with Crippen molar-refractivity contribution in [3.63, 3.8) is 0 Å². The lowest BCUT2D eigenvalue weighted by Gasteiger charge is -2.29. The Kier molecular flexibility index (Phi) is 5.54. The third-order valence-corrected chi connectivity index (χ3v) is 8.82. The zero-order chi connectivity index (χ0) is 29.0. The van der Waals surface area contributed by atoms with Crippen LogP contribution in [0.2, 0.25) is 0 Å². The molecule has 1 aromatic heterocycles. The molecule has 9 aromatic rings. The molecule has 0 aliphatic rings. The third kappa shape index (κ3) is 3.68. The Morgan fingerprint density at radius 1 is 0.386 bits per heavy atom. The van der Waals surface area contributed by atoms with Crippen molar-refractivity contribution in [2.45, 2.75) is 0 Å². The van der Waals surface area contributed by atoms with E-state index in [1.807, 2.05) is 0 Å². The zero-order valence-electron chi connectivity index (χ0n) is 23.9. The SMILES string of the molecule is c1ccc(-c2ccc3c(oc4c5ccccc5c5ccccc5c34)c2N(c2ccccc2)c2cccc3ccccc23)cc1. The van der Waals surface area contributed by atoms with Crippen LogP contribution in [0, 0.1) is 0 Å². The van der Waals surface area contributed by atoms with Crippen LogP contribution in [0.5, 0.6) is 0 Å². The third-order valence-electron chi connectivity index (χ3n) is 8.82. The number of rotatable bonds is 4. The van der Waals surface area contributed by atoms with Gasteiger partial charge in [0.2, 0.25) is 0 Å². The fourth-order valence-corrected chi connectivity index (χ4v) is 6.90. The Bertz CT molecular complexity index is 2490. The van der Waals surface area contributed by atoms with E-state index in [-0.39, 0.29) is 0 Å². The number of furan rings is 1. The Morgan fingerprint density at radius 3 is 1.75 bits per heavy atom. The van der Waals surface area contributed by atoms with Crippen LogP contribution >= 0.6 is 0 Å². The summed E-state index contributed by atoms with van der Waals surface area (Å²) in [5.74, 6) is 0. The molecule has 0 fully saturated rings. The highest BCUT2D eigenvalue weighted by Gasteiger charge is 2.26. The minimum absolute atomic E-state index is 0.875. The standard InChI is InChI=1S/C42H27NO/c1-3-14-29(15-4-1)32-26-27-37-39-35-23-11-9-21-33(35)34-22-10-12-24-36(34)41(39)44-42(37)40(32)43(30-18-5-2-6-19-30)38-25-13-17-28-16-7-8-20-31(28)38/h1-27H. The molecule has 0 amide bonds. The molecule has 2 heteroatoms. The summed E-state index contributed by atoms with van der Waals surface area (Å²) in [6, 6.07) is 58.3. The maximum Gasteiger partial charge on any atom is 0.160 e. The van der Waals surface area contributed by atoms with Crippen molar-refractivity contribution < 1.29 is 4.42 Å². The lowest BCUT2D eigenvalue weighted by Crippen LogP contribution is -2.12. The molecule has 0 saturated carbocycles. The van der Waals surface area contributed by atoms with E-state index in [2.05, 4.69) is 169 Å². The summed E-state index contributed by atoms with van der Waals surface area (Å²) in [7, 11) is 0. The zero-order valence-corrected chi connectivity index (χ0v) is 23.9. The van der Waals surface area contributed by atoms with Gasteiger partial charge in [-0.15, -0.1) is 0 Å². The van der Waals surface area contributed by atoms with E-state index in [4.69, 9.17) is 4.42 Å². The van der Waals surface area contributed by atoms with Crippen molar-refractivity contribution in [2.24, 2.45) is 0 Å². The van der Waals surface area contributed by atoms with E-state index in [1.165, 1.54) is 26.9 Å². The van der Waals surface area contributed by atoms with Crippen molar-refractivity contribution in [2.75, 3.05) is 4.90 Å². The van der Waals surface area contributed by atoms with Gasteiger partial charge in [0.15, 0.2) is 5.58 Å². The molecule has 0 aliphatic carbocycles. The van der Waals surface area contributed by atoms with E-state index in [0.717, 1.165) is 55.5 Å². The van der Waals surface area contributed by atoms with Crippen LogP contribution in [0.15, 0.2) is 168 Å². The van der Waals surface area contributed by atoms with Crippen molar-refractivity contribution in [1.82, 2.24) is 0 Å². The van der Waals surface area contributed by atoms with Gasteiger partial charge in [-0.25, -0.2) is 0 Å². The lowest BCUT2D eigenvalue weighted by atomic mass is 9.95. The first-order valence-electron chi connectivity index (χ1n) is 15.0. The maximum absolute atomic E-state index is 7.16. The van der Waals surface area contributed by atoms with E-state index in [1.54, 1.807) is 0 Å². The van der Waals surface area contributed by atoms with E-state index in [0.29, 0.717) is 0 Å². The number of anilines is 3. The van der Waals surface area contributed by atoms with Gasteiger partial charge in [-0.05, 0) is 51.4 Å². The molecule has 0 atom stereocenters. The Hall–Kier alpha value is -5.86. The van der Waals surface area contributed by atoms with Crippen LogP contribution in [0.25, 0.3) is 65.4 Å². The van der Waals surface area contributed by atoms with Crippen LogP contribution in [0.3, 0.4) is 0 Å². The van der Waals surface area contributed by atoms with Crippen LogP contribution in [0.4, 0.5) is 17.1 Å². The average molecular weight is 562 g/mol. The highest BCUT2D eigenvalue weighted by molar-refractivity contribution is 6.31. The highest BCUT2D eigenvalue weighted by Crippen LogP contribution is 2.50. The fourth-order valence-electron chi connectivity index (χ4n) is 6.90. The summed E-state index contributed by atoms with van der Waals surface area (Å²) in [4.78, 5) is 2.39. The van der Waals surface area contributed by atoms with Crippen LogP contribution in [0.1, 0.15) is 0 Å². The summed E-state index contributed by atoms with van der Waals surface area (Å²) in [5, 5.41) is 9.41. The van der Waals surface area contributed by atoms with E-state index in [9.17, 15) is 0 Å². The Morgan fingerprint density at radius 2 is 0.977 bits per heavy atom. The molecule has 8 aromatic carbocycles. The van der Waals surface area contributed by atoms with Crippen molar-refractivity contribution >= 4 is 71.3 Å². The summed E-state index contributed by atoms with van der Waals surface area (Å²) < 4.78 is 7.16. The largest absolute Gasteiger partial charge is 0.453 e. The predicted molar refractivity (Wildman–Crippen MR) is 186 cm³/mol. The van der Waals surface area contributed by atoms with Gasteiger partial charge in [-0.3, -0.25) is 0 Å². The second kappa shape index (κ2) is 9.86. The first kappa shape index (κ1) is 24.7. The fraction of sp³-hybridized carbons (Fsp3) is 0. The van der Waals surface area contributed by atoms with Crippen LogP contribution in [-0.2, 0) is 0 Å². The topological polar surface area (TPSA) is 16.4 Å². The normalized spacial score (nSPS) is 11.6.